The normalized spacial score (nSPS) is 32.5. The first-order valence-electron chi connectivity index (χ1n) is 6.29. The van der Waals surface area contributed by atoms with E-state index in [0.29, 0.717) is 12.8 Å². The number of ether oxygens (including phenoxy) is 1. The van der Waals surface area contributed by atoms with Crippen molar-refractivity contribution >= 4 is 0 Å². The summed E-state index contributed by atoms with van der Waals surface area (Å²) in [6.45, 7) is 1.81. The minimum atomic E-state index is -1.72. The molecule has 3 rings (SSSR count). The SMILES string of the molecule is CO[C@@]1(C)C[C@@H]2Cc3c(F)c(F)c(F)c(F)c3[C@H]1C2. The van der Waals surface area contributed by atoms with Crippen LogP contribution >= 0.6 is 0 Å². The van der Waals surface area contributed by atoms with E-state index in [0.717, 1.165) is 0 Å². The maximum Gasteiger partial charge on any atom is 0.197 e. The summed E-state index contributed by atoms with van der Waals surface area (Å²) in [6, 6.07) is 0. The van der Waals surface area contributed by atoms with Crippen LogP contribution in [0.3, 0.4) is 0 Å². The molecule has 1 fully saturated rings. The van der Waals surface area contributed by atoms with E-state index in [2.05, 4.69) is 0 Å². The van der Waals surface area contributed by atoms with Crippen LogP contribution in [0.2, 0.25) is 0 Å². The number of fused-ring (bicyclic) bond motifs is 4. The summed E-state index contributed by atoms with van der Waals surface area (Å²) < 4.78 is 60.0. The van der Waals surface area contributed by atoms with Crippen molar-refractivity contribution < 1.29 is 22.3 Å². The van der Waals surface area contributed by atoms with Crippen molar-refractivity contribution in [3.8, 4) is 0 Å². The largest absolute Gasteiger partial charge is 0.378 e. The van der Waals surface area contributed by atoms with Gasteiger partial charge >= 0.3 is 0 Å². The lowest BCUT2D eigenvalue weighted by Crippen LogP contribution is -2.31. The minimum absolute atomic E-state index is 0.0153. The van der Waals surface area contributed by atoms with E-state index in [4.69, 9.17) is 4.74 Å². The van der Waals surface area contributed by atoms with Crippen LogP contribution in [0.4, 0.5) is 17.6 Å². The number of halogens is 4. The van der Waals surface area contributed by atoms with Crippen LogP contribution in [0.5, 0.6) is 0 Å². The maximum atomic E-state index is 14.0. The molecule has 0 heterocycles. The van der Waals surface area contributed by atoms with Crippen LogP contribution in [0, 0.1) is 29.2 Å². The van der Waals surface area contributed by atoms with Crippen molar-refractivity contribution in [1.82, 2.24) is 0 Å². The van der Waals surface area contributed by atoms with Gasteiger partial charge in [0, 0.05) is 18.6 Å². The molecular formula is C14H14F4O. The van der Waals surface area contributed by atoms with Crippen molar-refractivity contribution in [1.29, 1.82) is 0 Å². The highest BCUT2D eigenvalue weighted by atomic mass is 19.2. The van der Waals surface area contributed by atoms with Gasteiger partial charge in [0.25, 0.3) is 0 Å². The number of methoxy groups -OCH3 is 1. The number of rotatable bonds is 1. The van der Waals surface area contributed by atoms with Gasteiger partial charge in [-0.1, -0.05) is 0 Å². The zero-order valence-corrected chi connectivity index (χ0v) is 10.7. The molecular weight excluding hydrogens is 260 g/mol. The van der Waals surface area contributed by atoms with Gasteiger partial charge in [-0.15, -0.1) is 0 Å². The third-order valence-electron chi connectivity index (χ3n) is 4.71. The monoisotopic (exact) mass is 274 g/mol. The molecule has 2 bridgehead atoms. The Morgan fingerprint density at radius 2 is 1.68 bits per heavy atom. The molecule has 0 N–H and O–H groups in total. The topological polar surface area (TPSA) is 9.23 Å². The van der Waals surface area contributed by atoms with Gasteiger partial charge in [-0.25, -0.2) is 17.6 Å². The van der Waals surface area contributed by atoms with Crippen molar-refractivity contribution in [2.45, 2.75) is 37.7 Å². The Labute approximate surface area is 108 Å². The van der Waals surface area contributed by atoms with Gasteiger partial charge in [0.05, 0.1) is 5.60 Å². The lowest BCUT2D eigenvalue weighted by atomic mass is 9.79. The molecule has 0 saturated heterocycles. The molecule has 1 aromatic carbocycles. The average molecular weight is 274 g/mol. The Kier molecular flexibility index (Phi) is 2.68. The van der Waals surface area contributed by atoms with E-state index in [1.54, 1.807) is 0 Å². The highest BCUT2D eigenvalue weighted by Crippen LogP contribution is 2.54. The molecule has 2 aliphatic rings. The van der Waals surface area contributed by atoms with Crippen LogP contribution in [0.1, 0.15) is 36.8 Å². The molecule has 0 amide bonds. The van der Waals surface area contributed by atoms with E-state index in [9.17, 15) is 17.6 Å². The van der Waals surface area contributed by atoms with Crippen LogP contribution in [-0.2, 0) is 11.2 Å². The van der Waals surface area contributed by atoms with Gasteiger partial charge in [0.1, 0.15) is 0 Å². The van der Waals surface area contributed by atoms with Crippen LogP contribution in [-0.4, -0.2) is 12.7 Å². The minimum Gasteiger partial charge on any atom is -0.378 e. The predicted octanol–water partition coefficient (Wildman–Crippen LogP) is 3.70. The quantitative estimate of drug-likeness (QED) is 0.431. The first-order chi connectivity index (χ1) is 8.89. The fourth-order valence-electron chi connectivity index (χ4n) is 3.73. The number of hydrogen-bond donors (Lipinski definition) is 0. The van der Waals surface area contributed by atoms with E-state index in [-0.39, 0.29) is 23.5 Å². The molecule has 5 heteroatoms. The molecule has 1 nitrogen and oxygen atoms in total. The Morgan fingerprint density at radius 3 is 2.32 bits per heavy atom. The molecule has 0 aliphatic heterocycles. The molecule has 0 radical (unpaired) electrons. The maximum absolute atomic E-state index is 14.0. The summed E-state index contributed by atoms with van der Waals surface area (Å²) in [6.07, 6.45) is 1.51. The standard InChI is InChI=1S/C14H14F4O/c1-14(19-2)5-6-3-7-9(8(14)4-6)11(16)13(18)12(17)10(7)15/h6,8H,3-5H2,1-2H3/t6-,8-,14+/m1/s1. The Hall–Kier alpha value is -1.10. The fourth-order valence-corrected chi connectivity index (χ4v) is 3.73. The third-order valence-corrected chi connectivity index (χ3v) is 4.71. The molecule has 19 heavy (non-hydrogen) atoms. The molecule has 0 spiro atoms. The van der Waals surface area contributed by atoms with E-state index in [1.807, 2.05) is 6.92 Å². The summed E-state index contributed by atoms with van der Waals surface area (Å²) in [7, 11) is 1.51. The van der Waals surface area contributed by atoms with Gasteiger partial charge in [0.15, 0.2) is 23.3 Å². The van der Waals surface area contributed by atoms with Crippen molar-refractivity contribution in [3.63, 3.8) is 0 Å². The summed E-state index contributed by atoms with van der Waals surface area (Å²) in [5.74, 6) is -6.24. The van der Waals surface area contributed by atoms with Crippen molar-refractivity contribution in [2.24, 2.45) is 5.92 Å². The molecule has 0 aromatic heterocycles. The highest BCUT2D eigenvalue weighted by molar-refractivity contribution is 5.41. The summed E-state index contributed by atoms with van der Waals surface area (Å²) in [5, 5.41) is 0. The second kappa shape index (κ2) is 3.95. The first-order valence-corrected chi connectivity index (χ1v) is 6.29. The Morgan fingerprint density at radius 1 is 1.05 bits per heavy atom. The molecule has 1 saturated carbocycles. The molecule has 3 atom stereocenters. The molecule has 0 unspecified atom stereocenters. The zero-order chi connectivity index (χ0) is 13.9. The lowest BCUT2D eigenvalue weighted by molar-refractivity contribution is -0.00429. The second-order valence-electron chi connectivity index (χ2n) is 5.73. The van der Waals surface area contributed by atoms with Crippen molar-refractivity contribution in [2.75, 3.05) is 7.11 Å². The van der Waals surface area contributed by atoms with Gasteiger partial charge in [-0.3, -0.25) is 0 Å². The Bertz CT molecular complexity index is 557. The average Bonchev–Trinajstić information content (AvgIpc) is 2.66. The predicted molar refractivity (Wildman–Crippen MR) is 60.9 cm³/mol. The fraction of sp³-hybridized carbons (Fsp3) is 0.571. The lowest BCUT2D eigenvalue weighted by Gasteiger charge is -2.32. The van der Waals surface area contributed by atoms with E-state index in [1.165, 1.54) is 7.11 Å². The Balaban J connectivity index is 2.26. The number of benzene rings is 1. The van der Waals surface area contributed by atoms with Crippen LogP contribution in [0.15, 0.2) is 0 Å². The summed E-state index contributed by atoms with van der Waals surface area (Å²) in [5.41, 5.74) is -0.694. The second-order valence-corrected chi connectivity index (χ2v) is 5.73. The highest BCUT2D eigenvalue weighted by Gasteiger charge is 2.51. The molecule has 1 aromatic rings. The number of hydrogen-bond acceptors (Lipinski definition) is 1. The third kappa shape index (κ3) is 1.57. The van der Waals surface area contributed by atoms with Gasteiger partial charge in [-0.05, 0) is 37.7 Å². The van der Waals surface area contributed by atoms with E-state index >= 15 is 0 Å². The van der Waals surface area contributed by atoms with Crippen LogP contribution < -0.4 is 0 Å². The zero-order valence-electron chi connectivity index (χ0n) is 10.7. The summed E-state index contributed by atoms with van der Waals surface area (Å²) in [4.78, 5) is 0. The van der Waals surface area contributed by atoms with Crippen LogP contribution in [0.25, 0.3) is 0 Å². The summed E-state index contributed by atoms with van der Waals surface area (Å²) >= 11 is 0. The van der Waals surface area contributed by atoms with E-state index < -0.39 is 34.8 Å². The van der Waals surface area contributed by atoms with Gasteiger partial charge < -0.3 is 4.74 Å². The molecule has 104 valence electrons. The van der Waals surface area contributed by atoms with Gasteiger partial charge in [-0.2, -0.15) is 0 Å². The van der Waals surface area contributed by atoms with Gasteiger partial charge in [0.2, 0.25) is 0 Å². The first kappa shape index (κ1) is 12.9. The molecule has 2 aliphatic carbocycles. The van der Waals surface area contributed by atoms with Crippen molar-refractivity contribution in [3.05, 3.63) is 34.4 Å². The smallest absolute Gasteiger partial charge is 0.197 e.